The van der Waals surface area contributed by atoms with Gasteiger partial charge in [-0.15, -0.1) is 0 Å². The van der Waals surface area contributed by atoms with Crippen LogP contribution in [0.5, 0.6) is 0 Å². The van der Waals surface area contributed by atoms with Gasteiger partial charge in [0.05, 0.1) is 6.54 Å². The van der Waals surface area contributed by atoms with Crippen molar-refractivity contribution in [2.24, 2.45) is 0 Å². The summed E-state index contributed by atoms with van der Waals surface area (Å²) in [6.45, 7) is 5.86. The SMILES string of the molecule is CNC(C)CNCc1ccc(C)o1. The number of hydrogen-bond acceptors (Lipinski definition) is 3. The predicted molar refractivity (Wildman–Crippen MR) is 53.7 cm³/mol. The molecule has 3 nitrogen and oxygen atoms in total. The van der Waals surface area contributed by atoms with Gasteiger partial charge in [0, 0.05) is 12.6 Å². The summed E-state index contributed by atoms with van der Waals surface area (Å²) in [7, 11) is 1.96. The van der Waals surface area contributed by atoms with E-state index in [0.29, 0.717) is 6.04 Å². The molecule has 1 rings (SSSR count). The molecule has 0 amide bonds. The van der Waals surface area contributed by atoms with Crippen molar-refractivity contribution in [1.29, 1.82) is 0 Å². The molecule has 1 unspecified atom stereocenters. The van der Waals surface area contributed by atoms with Crippen LogP contribution >= 0.6 is 0 Å². The topological polar surface area (TPSA) is 37.2 Å². The van der Waals surface area contributed by atoms with Gasteiger partial charge < -0.3 is 15.1 Å². The van der Waals surface area contributed by atoms with Crippen molar-refractivity contribution < 1.29 is 4.42 Å². The van der Waals surface area contributed by atoms with Crippen LogP contribution in [0.4, 0.5) is 0 Å². The van der Waals surface area contributed by atoms with Gasteiger partial charge in [0.25, 0.3) is 0 Å². The highest BCUT2D eigenvalue weighted by atomic mass is 16.3. The molecule has 0 spiro atoms. The van der Waals surface area contributed by atoms with Crippen molar-refractivity contribution >= 4 is 0 Å². The van der Waals surface area contributed by atoms with Gasteiger partial charge in [-0.3, -0.25) is 0 Å². The maximum Gasteiger partial charge on any atom is 0.117 e. The number of nitrogens with one attached hydrogen (secondary N) is 2. The molecule has 3 heteroatoms. The lowest BCUT2D eigenvalue weighted by Gasteiger charge is -2.09. The average molecular weight is 182 g/mol. The van der Waals surface area contributed by atoms with Gasteiger partial charge in [-0.05, 0) is 33.0 Å². The highest BCUT2D eigenvalue weighted by Crippen LogP contribution is 2.04. The molecule has 0 bridgehead atoms. The Bertz CT molecular complexity index is 245. The molecular formula is C10H18N2O. The largest absolute Gasteiger partial charge is 0.465 e. The van der Waals surface area contributed by atoms with Crippen LogP contribution in [0, 0.1) is 6.92 Å². The summed E-state index contributed by atoms with van der Waals surface area (Å²) >= 11 is 0. The molecular weight excluding hydrogens is 164 g/mol. The van der Waals surface area contributed by atoms with Crippen LogP contribution in [0.3, 0.4) is 0 Å². The maximum atomic E-state index is 5.42. The van der Waals surface area contributed by atoms with Crippen LogP contribution in [0.25, 0.3) is 0 Å². The summed E-state index contributed by atoms with van der Waals surface area (Å²) in [6.07, 6.45) is 0. The Morgan fingerprint density at radius 1 is 1.46 bits per heavy atom. The van der Waals surface area contributed by atoms with E-state index in [0.717, 1.165) is 24.6 Å². The lowest BCUT2D eigenvalue weighted by molar-refractivity contribution is 0.449. The molecule has 2 N–H and O–H groups in total. The van der Waals surface area contributed by atoms with Gasteiger partial charge in [-0.2, -0.15) is 0 Å². The van der Waals surface area contributed by atoms with E-state index in [1.54, 1.807) is 0 Å². The van der Waals surface area contributed by atoms with E-state index in [4.69, 9.17) is 4.42 Å². The quantitative estimate of drug-likeness (QED) is 0.720. The smallest absolute Gasteiger partial charge is 0.117 e. The van der Waals surface area contributed by atoms with Crippen molar-refractivity contribution in [2.75, 3.05) is 13.6 Å². The average Bonchev–Trinajstić information content (AvgIpc) is 2.51. The molecule has 0 radical (unpaired) electrons. The number of aryl methyl sites for hydroxylation is 1. The van der Waals surface area contributed by atoms with Crippen LogP contribution in [-0.4, -0.2) is 19.6 Å². The molecule has 0 aliphatic rings. The van der Waals surface area contributed by atoms with Crippen LogP contribution in [-0.2, 0) is 6.54 Å². The molecule has 0 saturated carbocycles. The molecule has 13 heavy (non-hydrogen) atoms. The fourth-order valence-corrected chi connectivity index (χ4v) is 1.09. The van der Waals surface area contributed by atoms with Crippen LogP contribution in [0.1, 0.15) is 18.4 Å². The fourth-order valence-electron chi connectivity index (χ4n) is 1.09. The zero-order chi connectivity index (χ0) is 9.68. The number of likely N-dealkylation sites (N-methyl/N-ethyl adjacent to an activating group) is 1. The minimum Gasteiger partial charge on any atom is -0.465 e. The van der Waals surface area contributed by atoms with Crippen molar-refractivity contribution in [1.82, 2.24) is 10.6 Å². The molecule has 1 aromatic heterocycles. The van der Waals surface area contributed by atoms with E-state index < -0.39 is 0 Å². The second-order valence-electron chi connectivity index (χ2n) is 3.33. The Morgan fingerprint density at radius 2 is 2.23 bits per heavy atom. The zero-order valence-electron chi connectivity index (χ0n) is 8.55. The summed E-state index contributed by atoms with van der Waals surface area (Å²) in [5.41, 5.74) is 0. The summed E-state index contributed by atoms with van der Waals surface area (Å²) in [6, 6.07) is 4.49. The Hall–Kier alpha value is -0.800. The molecule has 74 valence electrons. The first-order valence-corrected chi connectivity index (χ1v) is 4.65. The second kappa shape index (κ2) is 5.04. The minimum atomic E-state index is 0.496. The van der Waals surface area contributed by atoms with Gasteiger partial charge in [-0.1, -0.05) is 0 Å². The fraction of sp³-hybridized carbons (Fsp3) is 0.600. The molecule has 1 atom stereocenters. The van der Waals surface area contributed by atoms with E-state index in [9.17, 15) is 0 Å². The first-order valence-electron chi connectivity index (χ1n) is 4.65. The van der Waals surface area contributed by atoms with Gasteiger partial charge in [0.2, 0.25) is 0 Å². The molecule has 0 aromatic carbocycles. The third-order valence-electron chi connectivity index (χ3n) is 2.04. The van der Waals surface area contributed by atoms with Crippen LogP contribution < -0.4 is 10.6 Å². The highest BCUT2D eigenvalue weighted by Gasteiger charge is 1.99. The van der Waals surface area contributed by atoms with Crippen molar-refractivity contribution in [3.63, 3.8) is 0 Å². The number of rotatable bonds is 5. The Balaban J connectivity index is 2.20. The zero-order valence-corrected chi connectivity index (χ0v) is 8.55. The standard InChI is InChI=1S/C10H18N2O/c1-8(11-3)6-12-7-10-5-4-9(2)13-10/h4-5,8,11-12H,6-7H2,1-3H3. The van der Waals surface area contributed by atoms with Gasteiger partial charge >= 0.3 is 0 Å². The Labute approximate surface area is 79.5 Å². The minimum absolute atomic E-state index is 0.496. The Kier molecular flexibility index (Phi) is 3.99. The number of furan rings is 1. The van der Waals surface area contributed by atoms with Gasteiger partial charge in [0.15, 0.2) is 0 Å². The molecule has 0 saturated heterocycles. The van der Waals surface area contributed by atoms with Crippen molar-refractivity contribution in [3.8, 4) is 0 Å². The molecule has 1 heterocycles. The van der Waals surface area contributed by atoms with Crippen molar-refractivity contribution in [2.45, 2.75) is 26.4 Å². The van der Waals surface area contributed by atoms with Crippen molar-refractivity contribution in [3.05, 3.63) is 23.7 Å². The summed E-state index contributed by atoms with van der Waals surface area (Å²) in [5, 5.41) is 6.47. The predicted octanol–water partition coefficient (Wildman–Crippen LogP) is 1.29. The van der Waals surface area contributed by atoms with Gasteiger partial charge in [0.1, 0.15) is 11.5 Å². The lowest BCUT2D eigenvalue weighted by Crippen LogP contribution is -2.33. The van der Waals surface area contributed by atoms with E-state index in [-0.39, 0.29) is 0 Å². The molecule has 1 aromatic rings. The van der Waals surface area contributed by atoms with E-state index in [1.807, 2.05) is 26.1 Å². The molecule has 0 fully saturated rings. The monoisotopic (exact) mass is 182 g/mol. The van der Waals surface area contributed by atoms with E-state index >= 15 is 0 Å². The Morgan fingerprint density at radius 3 is 2.77 bits per heavy atom. The first-order chi connectivity index (χ1) is 6.22. The van der Waals surface area contributed by atoms with Crippen LogP contribution in [0.2, 0.25) is 0 Å². The lowest BCUT2D eigenvalue weighted by atomic mass is 10.3. The highest BCUT2D eigenvalue weighted by molar-refractivity contribution is 5.05. The summed E-state index contributed by atoms with van der Waals surface area (Å²) in [5.74, 6) is 1.97. The third kappa shape index (κ3) is 3.61. The van der Waals surface area contributed by atoms with Gasteiger partial charge in [-0.25, -0.2) is 0 Å². The van der Waals surface area contributed by atoms with E-state index in [1.165, 1.54) is 0 Å². The molecule has 0 aliphatic heterocycles. The summed E-state index contributed by atoms with van der Waals surface area (Å²) < 4.78 is 5.42. The summed E-state index contributed by atoms with van der Waals surface area (Å²) in [4.78, 5) is 0. The first kappa shape index (κ1) is 10.3. The second-order valence-corrected chi connectivity index (χ2v) is 3.33. The van der Waals surface area contributed by atoms with Crippen LogP contribution in [0.15, 0.2) is 16.5 Å². The molecule has 0 aliphatic carbocycles. The van der Waals surface area contributed by atoms with E-state index in [2.05, 4.69) is 17.6 Å². The normalized spacial score (nSPS) is 13.2. The maximum absolute atomic E-state index is 5.42. The third-order valence-corrected chi connectivity index (χ3v) is 2.04. The number of hydrogen-bond donors (Lipinski definition) is 2.